The molecule has 1 amide bonds. The summed E-state index contributed by atoms with van der Waals surface area (Å²) >= 11 is 0. The van der Waals surface area contributed by atoms with Crippen LogP contribution in [-0.4, -0.2) is 18.0 Å². The van der Waals surface area contributed by atoms with Crippen molar-refractivity contribution in [3.63, 3.8) is 0 Å². The Labute approximate surface area is 132 Å². The van der Waals surface area contributed by atoms with Gasteiger partial charge in [0, 0.05) is 17.1 Å². The topological polar surface area (TPSA) is 80.6 Å². The van der Waals surface area contributed by atoms with Crippen LogP contribution in [0.5, 0.6) is 5.75 Å². The SMILES string of the molecule is COc1ccc(C(=O)Nc2c(N=O)ccc3cccnc23)cc1. The number of carbonyl (C=O) groups is 1. The van der Waals surface area contributed by atoms with Crippen LogP contribution in [0, 0.1) is 4.91 Å². The summed E-state index contributed by atoms with van der Waals surface area (Å²) in [6, 6.07) is 13.6. The average Bonchev–Trinajstić information content (AvgIpc) is 2.62. The number of hydrogen-bond acceptors (Lipinski definition) is 5. The third-order valence-corrected chi connectivity index (χ3v) is 3.44. The summed E-state index contributed by atoms with van der Waals surface area (Å²) < 4.78 is 5.06. The molecule has 0 fully saturated rings. The van der Waals surface area contributed by atoms with Crippen LogP contribution in [0.4, 0.5) is 11.4 Å². The molecule has 0 unspecified atom stereocenters. The van der Waals surface area contributed by atoms with E-state index >= 15 is 0 Å². The second-order valence-electron chi connectivity index (χ2n) is 4.81. The van der Waals surface area contributed by atoms with E-state index in [1.807, 2.05) is 6.07 Å². The van der Waals surface area contributed by atoms with Crippen LogP contribution >= 0.6 is 0 Å². The molecular weight excluding hydrogens is 294 g/mol. The molecule has 2 aromatic carbocycles. The number of methoxy groups -OCH3 is 1. The minimum absolute atomic E-state index is 0.137. The molecule has 23 heavy (non-hydrogen) atoms. The zero-order valence-corrected chi connectivity index (χ0v) is 12.3. The van der Waals surface area contributed by atoms with Gasteiger partial charge in [-0.05, 0) is 41.6 Å². The van der Waals surface area contributed by atoms with Gasteiger partial charge in [0.15, 0.2) is 0 Å². The molecule has 0 bridgehead atoms. The van der Waals surface area contributed by atoms with Gasteiger partial charge in [0.05, 0.1) is 18.3 Å². The number of nitrogens with one attached hydrogen (secondary N) is 1. The van der Waals surface area contributed by atoms with Crippen molar-refractivity contribution >= 4 is 28.2 Å². The highest BCUT2D eigenvalue weighted by Gasteiger charge is 2.14. The van der Waals surface area contributed by atoms with E-state index in [2.05, 4.69) is 15.5 Å². The summed E-state index contributed by atoms with van der Waals surface area (Å²) in [4.78, 5) is 27.7. The maximum Gasteiger partial charge on any atom is 0.255 e. The van der Waals surface area contributed by atoms with Gasteiger partial charge in [-0.2, -0.15) is 0 Å². The smallest absolute Gasteiger partial charge is 0.255 e. The zero-order valence-electron chi connectivity index (χ0n) is 12.3. The molecule has 0 aliphatic rings. The lowest BCUT2D eigenvalue weighted by Gasteiger charge is -2.10. The summed E-state index contributed by atoms with van der Waals surface area (Å²) in [7, 11) is 1.55. The van der Waals surface area contributed by atoms with Gasteiger partial charge in [0.25, 0.3) is 5.91 Å². The number of pyridine rings is 1. The Bertz CT molecular complexity index is 876. The number of nitrogens with zero attached hydrogens (tertiary/aromatic N) is 2. The van der Waals surface area contributed by atoms with Crippen LogP contribution < -0.4 is 10.1 Å². The van der Waals surface area contributed by atoms with Crippen molar-refractivity contribution in [2.24, 2.45) is 5.18 Å². The number of ether oxygens (including phenoxy) is 1. The van der Waals surface area contributed by atoms with Gasteiger partial charge in [0.2, 0.25) is 0 Å². The highest BCUT2D eigenvalue weighted by Crippen LogP contribution is 2.32. The number of hydrogen-bond donors (Lipinski definition) is 1. The monoisotopic (exact) mass is 307 g/mol. The van der Waals surface area contributed by atoms with Gasteiger partial charge in [-0.1, -0.05) is 12.1 Å². The van der Waals surface area contributed by atoms with E-state index in [9.17, 15) is 9.70 Å². The molecule has 0 spiro atoms. The summed E-state index contributed by atoms with van der Waals surface area (Å²) in [5.74, 6) is 0.305. The van der Waals surface area contributed by atoms with E-state index in [1.165, 1.54) is 0 Å². The van der Waals surface area contributed by atoms with E-state index in [1.54, 1.807) is 55.8 Å². The lowest BCUT2D eigenvalue weighted by Crippen LogP contribution is -2.12. The van der Waals surface area contributed by atoms with Gasteiger partial charge in [-0.15, -0.1) is 4.91 Å². The van der Waals surface area contributed by atoms with Crippen molar-refractivity contribution in [2.45, 2.75) is 0 Å². The van der Waals surface area contributed by atoms with Crippen LogP contribution in [0.25, 0.3) is 10.9 Å². The molecular formula is C17H13N3O3. The predicted octanol–water partition coefficient (Wildman–Crippen LogP) is 3.89. The zero-order chi connectivity index (χ0) is 16.2. The Kier molecular flexibility index (Phi) is 3.97. The molecule has 1 heterocycles. The molecule has 0 aliphatic heterocycles. The van der Waals surface area contributed by atoms with Crippen molar-refractivity contribution in [3.8, 4) is 5.75 Å². The fraction of sp³-hybridized carbons (Fsp3) is 0.0588. The molecule has 0 saturated carbocycles. The van der Waals surface area contributed by atoms with Crippen LogP contribution in [0.2, 0.25) is 0 Å². The van der Waals surface area contributed by atoms with E-state index in [0.717, 1.165) is 5.39 Å². The third kappa shape index (κ3) is 2.87. The largest absolute Gasteiger partial charge is 0.497 e. The summed E-state index contributed by atoms with van der Waals surface area (Å²) in [6.07, 6.45) is 1.60. The van der Waals surface area contributed by atoms with E-state index < -0.39 is 0 Å². The minimum Gasteiger partial charge on any atom is -0.497 e. The third-order valence-electron chi connectivity index (χ3n) is 3.44. The fourth-order valence-corrected chi connectivity index (χ4v) is 2.26. The second kappa shape index (κ2) is 6.23. The predicted molar refractivity (Wildman–Crippen MR) is 88.1 cm³/mol. The summed E-state index contributed by atoms with van der Waals surface area (Å²) in [6.45, 7) is 0. The maximum atomic E-state index is 12.4. The number of amides is 1. The Morgan fingerprint density at radius 1 is 1.13 bits per heavy atom. The summed E-state index contributed by atoms with van der Waals surface area (Å²) in [5, 5.41) is 6.50. The molecule has 0 radical (unpaired) electrons. The molecule has 0 aliphatic carbocycles. The van der Waals surface area contributed by atoms with E-state index in [4.69, 9.17) is 4.74 Å². The highest BCUT2D eigenvalue weighted by molar-refractivity contribution is 6.10. The van der Waals surface area contributed by atoms with Crippen molar-refractivity contribution in [1.29, 1.82) is 0 Å². The molecule has 0 atom stereocenters. The first kappa shape index (κ1) is 14.6. The van der Waals surface area contributed by atoms with Gasteiger partial charge in [0.1, 0.15) is 11.4 Å². The van der Waals surface area contributed by atoms with Gasteiger partial charge in [-0.25, -0.2) is 0 Å². The lowest BCUT2D eigenvalue weighted by atomic mass is 10.1. The Balaban J connectivity index is 1.99. The van der Waals surface area contributed by atoms with Crippen LogP contribution in [-0.2, 0) is 0 Å². The van der Waals surface area contributed by atoms with E-state index in [-0.39, 0.29) is 11.6 Å². The molecule has 6 heteroatoms. The van der Waals surface area contributed by atoms with Gasteiger partial charge < -0.3 is 10.1 Å². The van der Waals surface area contributed by atoms with Crippen molar-refractivity contribution in [2.75, 3.05) is 12.4 Å². The maximum absolute atomic E-state index is 12.4. The first-order valence-corrected chi connectivity index (χ1v) is 6.89. The number of aromatic nitrogens is 1. The number of benzene rings is 2. The number of rotatable bonds is 4. The van der Waals surface area contributed by atoms with Crippen LogP contribution in [0.3, 0.4) is 0 Å². The van der Waals surface area contributed by atoms with Crippen LogP contribution in [0.15, 0.2) is 59.9 Å². The molecule has 3 aromatic rings. The molecule has 3 rings (SSSR count). The van der Waals surface area contributed by atoms with Crippen molar-refractivity contribution in [1.82, 2.24) is 4.98 Å². The van der Waals surface area contributed by atoms with Gasteiger partial charge >= 0.3 is 0 Å². The Hall–Kier alpha value is -3.28. The van der Waals surface area contributed by atoms with Gasteiger partial charge in [-0.3, -0.25) is 9.78 Å². The Morgan fingerprint density at radius 3 is 2.61 bits per heavy atom. The standard InChI is InChI=1S/C17H13N3O3/c1-23-13-7-4-12(5-8-13)17(21)19-16-14(20-22)9-6-11-3-2-10-18-15(11)16/h2-10H,1H3,(H,19,21). The number of anilines is 1. The number of fused-ring (bicyclic) bond motifs is 1. The molecule has 1 aromatic heterocycles. The van der Waals surface area contributed by atoms with Crippen molar-refractivity contribution < 1.29 is 9.53 Å². The second-order valence-corrected chi connectivity index (χ2v) is 4.81. The number of carbonyl (C=O) groups excluding carboxylic acids is 1. The quantitative estimate of drug-likeness (QED) is 0.741. The molecule has 114 valence electrons. The molecule has 0 saturated heterocycles. The first-order chi connectivity index (χ1) is 11.2. The van der Waals surface area contributed by atoms with Crippen molar-refractivity contribution in [3.05, 3.63) is 65.2 Å². The molecule has 1 N–H and O–H groups in total. The minimum atomic E-state index is -0.351. The highest BCUT2D eigenvalue weighted by atomic mass is 16.5. The fourth-order valence-electron chi connectivity index (χ4n) is 2.26. The Morgan fingerprint density at radius 2 is 1.91 bits per heavy atom. The van der Waals surface area contributed by atoms with E-state index in [0.29, 0.717) is 22.5 Å². The normalized spacial score (nSPS) is 10.3. The molecule has 6 nitrogen and oxygen atoms in total. The average molecular weight is 307 g/mol. The first-order valence-electron chi connectivity index (χ1n) is 6.89. The lowest BCUT2D eigenvalue weighted by molar-refractivity contribution is 0.102. The number of nitroso groups, excluding NO2 is 1. The summed E-state index contributed by atoms with van der Waals surface area (Å²) in [5.41, 5.74) is 1.40. The van der Waals surface area contributed by atoms with Crippen LogP contribution in [0.1, 0.15) is 10.4 Å².